The SMILES string of the molecule is CCCCC/C=C\C=C/[C@H](O)C/C=C\C/C=C/CCCC(=O)O[C@H](COC(=O)CCCCCCCCC(C)C)COP(=O)(O)OC[C@@H](O)COP(=O)(O)O. The summed E-state index contributed by atoms with van der Waals surface area (Å²) in [5, 5.41) is 19.8. The maximum Gasteiger partial charge on any atom is 0.472 e. The molecule has 54 heavy (non-hydrogen) atoms. The van der Waals surface area contributed by atoms with Gasteiger partial charge in [0.1, 0.15) is 12.7 Å². The van der Waals surface area contributed by atoms with E-state index in [1.54, 1.807) is 6.08 Å². The zero-order valence-electron chi connectivity index (χ0n) is 32.6. The van der Waals surface area contributed by atoms with E-state index in [-0.39, 0.29) is 12.8 Å². The normalized spacial score (nSPS) is 15.4. The van der Waals surface area contributed by atoms with Gasteiger partial charge in [0.25, 0.3) is 0 Å². The number of esters is 2. The Morgan fingerprint density at radius 1 is 0.667 bits per heavy atom. The number of carbonyl (C=O) groups is 2. The molecule has 0 aromatic rings. The number of aliphatic hydroxyl groups excluding tert-OH is 2. The van der Waals surface area contributed by atoms with Crippen LogP contribution in [0, 0.1) is 5.92 Å². The molecule has 0 aliphatic heterocycles. The van der Waals surface area contributed by atoms with Crippen LogP contribution in [0.1, 0.15) is 130 Å². The second-order valence-corrected chi connectivity index (χ2v) is 16.2. The Kier molecular flexibility index (Phi) is 32.0. The van der Waals surface area contributed by atoms with Gasteiger partial charge in [-0.15, -0.1) is 0 Å². The third-order valence-corrected chi connectivity index (χ3v) is 9.16. The topological polar surface area (TPSA) is 216 Å². The van der Waals surface area contributed by atoms with E-state index in [1.165, 1.54) is 32.1 Å². The molecule has 0 aliphatic rings. The molecule has 0 spiro atoms. The molecule has 314 valence electrons. The van der Waals surface area contributed by atoms with E-state index in [4.69, 9.17) is 23.8 Å². The lowest BCUT2D eigenvalue weighted by atomic mass is 10.0. The summed E-state index contributed by atoms with van der Waals surface area (Å²) in [4.78, 5) is 52.4. The average molecular weight is 811 g/mol. The molecule has 16 heteroatoms. The number of rotatable bonds is 35. The molecule has 0 amide bonds. The van der Waals surface area contributed by atoms with Crippen molar-refractivity contribution in [2.24, 2.45) is 5.92 Å². The fourth-order valence-corrected chi connectivity index (χ4v) is 5.88. The fourth-order valence-electron chi connectivity index (χ4n) is 4.72. The van der Waals surface area contributed by atoms with Crippen LogP contribution in [0.4, 0.5) is 0 Å². The molecule has 0 aliphatic carbocycles. The second-order valence-electron chi connectivity index (χ2n) is 13.5. The summed E-state index contributed by atoms with van der Waals surface area (Å²) in [6.45, 7) is 3.74. The molecular formula is C38H68O14P2. The van der Waals surface area contributed by atoms with Gasteiger partial charge in [0.05, 0.1) is 25.9 Å². The lowest BCUT2D eigenvalue weighted by molar-refractivity contribution is -0.161. The van der Waals surface area contributed by atoms with Crippen LogP contribution in [0.3, 0.4) is 0 Å². The Morgan fingerprint density at radius 3 is 2.00 bits per heavy atom. The van der Waals surface area contributed by atoms with Crippen LogP contribution in [-0.4, -0.2) is 81.6 Å². The van der Waals surface area contributed by atoms with Crippen LogP contribution in [0.2, 0.25) is 0 Å². The van der Waals surface area contributed by atoms with Crippen molar-refractivity contribution in [1.82, 2.24) is 0 Å². The molecule has 0 saturated carbocycles. The lowest BCUT2D eigenvalue weighted by Gasteiger charge is -2.20. The molecule has 0 fully saturated rings. The molecule has 0 rings (SSSR count). The van der Waals surface area contributed by atoms with E-state index in [0.717, 1.165) is 32.1 Å². The van der Waals surface area contributed by atoms with Crippen molar-refractivity contribution in [2.45, 2.75) is 148 Å². The molecule has 0 aromatic carbocycles. The highest BCUT2D eigenvalue weighted by Crippen LogP contribution is 2.43. The number of hydrogen-bond acceptors (Lipinski definition) is 11. The van der Waals surface area contributed by atoms with Gasteiger partial charge in [-0.25, -0.2) is 9.13 Å². The quantitative estimate of drug-likeness (QED) is 0.0135. The molecule has 0 radical (unpaired) electrons. The Morgan fingerprint density at radius 2 is 1.30 bits per heavy atom. The summed E-state index contributed by atoms with van der Waals surface area (Å²) in [5.74, 6) is -0.459. The van der Waals surface area contributed by atoms with Gasteiger partial charge >= 0.3 is 27.6 Å². The molecule has 0 aromatic heterocycles. The van der Waals surface area contributed by atoms with Crippen LogP contribution in [-0.2, 0) is 41.8 Å². The average Bonchev–Trinajstić information content (AvgIpc) is 3.10. The van der Waals surface area contributed by atoms with Gasteiger partial charge in [0.2, 0.25) is 0 Å². The first-order valence-electron chi connectivity index (χ1n) is 19.3. The number of allylic oxidation sites excluding steroid dienone is 6. The van der Waals surface area contributed by atoms with Crippen LogP contribution in [0.15, 0.2) is 48.6 Å². The van der Waals surface area contributed by atoms with Crippen LogP contribution >= 0.6 is 15.6 Å². The molecule has 5 N–H and O–H groups in total. The number of ether oxygens (including phenoxy) is 2. The highest BCUT2D eigenvalue weighted by Gasteiger charge is 2.28. The highest BCUT2D eigenvalue weighted by molar-refractivity contribution is 7.47. The maximum atomic E-state index is 12.6. The monoisotopic (exact) mass is 810 g/mol. The number of phosphoric acid groups is 2. The van der Waals surface area contributed by atoms with Crippen molar-refractivity contribution in [1.29, 1.82) is 0 Å². The van der Waals surface area contributed by atoms with Gasteiger partial charge < -0.3 is 34.4 Å². The van der Waals surface area contributed by atoms with Crippen molar-refractivity contribution in [3.63, 3.8) is 0 Å². The van der Waals surface area contributed by atoms with Gasteiger partial charge in [-0.3, -0.25) is 23.2 Å². The number of hydrogen-bond donors (Lipinski definition) is 5. The first-order valence-corrected chi connectivity index (χ1v) is 22.3. The molecule has 0 saturated heterocycles. The Hall–Kier alpha value is -1.96. The standard InChI is InChI=1S/C38H68O14P2/c1-4-5-6-7-9-15-20-25-34(39)26-21-16-10-8-11-18-23-28-38(42)52-36(31-48-37(41)27-22-17-13-12-14-19-24-33(2)3)32-51-54(46,47)50-30-35(40)29-49-53(43,44)45/h8-9,11,15-16,20-21,25,33-36,39-40H,4-7,10,12-14,17-19,22-24,26-32H2,1-3H3,(H,46,47)(H2,43,44,45)/b11-8+,15-9-,21-16-,25-20-/t34-,35-,36+/m0/s1. The molecular weight excluding hydrogens is 742 g/mol. The molecule has 14 nitrogen and oxygen atoms in total. The summed E-state index contributed by atoms with van der Waals surface area (Å²) in [6.07, 6.45) is 26.1. The second kappa shape index (κ2) is 33.2. The lowest BCUT2D eigenvalue weighted by Crippen LogP contribution is -2.29. The van der Waals surface area contributed by atoms with Crippen molar-refractivity contribution in [3.8, 4) is 0 Å². The number of unbranched alkanes of at least 4 members (excludes halogenated alkanes) is 9. The first-order chi connectivity index (χ1) is 25.6. The minimum absolute atomic E-state index is 0.0203. The van der Waals surface area contributed by atoms with Crippen LogP contribution < -0.4 is 0 Å². The van der Waals surface area contributed by atoms with E-state index >= 15 is 0 Å². The largest absolute Gasteiger partial charge is 0.472 e. The van der Waals surface area contributed by atoms with Gasteiger partial charge in [0.15, 0.2) is 6.10 Å². The summed E-state index contributed by atoms with van der Waals surface area (Å²) in [5.41, 5.74) is 0. The third kappa shape index (κ3) is 37.0. The van der Waals surface area contributed by atoms with Gasteiger partial charge in [-0.1, -0.05) is 121 Å². The van der Waals surface area contributed by atoms with Gasteiger partial charge in [-0.05, 0) is 50.9 Å². The predicted molar refractivity (Wildman–Crippen MR) is 208 cm³/mol. The van der Waals surface area contributed by atoms with E-state index in [0.29, 0.717) is 38.0 Å². The number of phosphoric ester groups is 2. The van der Waals surface area contributed by atoms with Crippen molar-refractivity contribution < 1.29 is 66.7 Å². The molecule has 4 atom stereocenters. The Bertz CT molecular complexity index is 1180. The number of carbonyl (C=O) groups excluding carboxylic acids is 2. The van der Waals surface area contributed by atoms with E-state index in [9.17, 15) is 33.8 Å². The minimum atomic E-state index is -4.87. The summed E-state index contributed by atoms with van der Waals surface area (Å²) in [6, 6.07) is 0. The van der Waals surface area contributed by atoms with Gasteiger partial charge in [0, 0.05) is 12.8 Å². The summed E-state index contributed by atoms with van der Waals surface area (Å²) in [7, 11) is -9.70. The predicted octanol–water partition coefficient (Wildman–Crippen LogP) is 7.94. The van der Waals surface area contributed by atoms with E-state index in [1.807, 2.05) is 36.5 Å². The smallest absolute Gasteiger partial charge is 0.462 e. The van der Waals surface area contributed by atoms with Crippen molar-refractivity contribution >= 4 is 27.6 Å². The van der Waals surface area contributed by atoms with E-state index < -0.39 is 72.3 Å². The van der Waals surface area contributed by atoms with Crippen molar-refractivity contribution in [3.05, 3.63) is 48.6 Å². The van der Waals surface area contributed by atoms with Crippen LogP contribution in [0.25, 0.3) is 0 Å². The summed E-state index contributed by atoms with van der Waals surface area (Å²) < 4.78 is 47.4. The Balaban J connectivity index is 4.74. The molecule has 0 heterocycles. The maximum absolute atomic E-state index is 12.6. The Labute approximate surface area is 322 Å². The molecule has 1 unspecified atom stereocenters. The molecule has 0 bridgehead atoms. The highest BCUT2D eigenvalue weighted by atomic mass is 31.2. The summed E-state index contributed by atoms with van der Waals surface area (Å²) >= 11 is 0. The van der Waals surface area contributed by atoms with Crippen LogP contribution in [0.5, 0.6) is 0 Å². The van der Waals surface area contributed by atoms with E-state index in [2.05, 4.69) is 35.9 Å². The third-order valence-electron chi connectivity index (χ3n) is 7.72. The zero-order valence-corrected chi connectivity index (χ0v) is 34.4. The first kappa shape index (κ1) is 52.0. The number of aliphatic hydroxyl groups is 2. The fraction of sp³-hybridized carbons (Fsp3) is 0.737. The van der Waals surface area contributed by atoms with Crippen molar-refractivity contribution in [2.75, 3.05) is 26.4 Å². The zero-order chi connectivity index (χ0) is 40.5. The minimum Gasteiger partial charge on any atom is -0.462 e. The van der Waals surface area contributed by atoms with Gasteiger partial charge in [-0.2, -0.15) is 0 Å².